The van der Waals surface area contributed by atoms with E-state index in [-0.39, 0.29) is 0 Å². The van der Waals surface area contributed by atoms with Gasteiger partial charge in [-0.05, 0) is 6.07 Å². The number of rotatable bonds is 1. The summed E-state index contributed by atoms with van der Waals surface area (Å²) in [7, 11) is 1.91. The lowest BCUT2D eigenvalue weighted by atomic mass is 10.3. The highest BCUT2D eigenvalue weighted by Crippen LogP contribution is 2.14. The Morgan fingerprint density at radius 1 is 1.55 bits per heavy atom. The van der Waals surface area contributed by atoms with Crippen molar-refractivity contribution < 1.29 is 0 Å². The second-order valence-electron chi connectivity index (χ2n) is 2.33. The summed E-state index contributed by atoms with van der Waals surface area (Å²) in [6, 6.07) is 1.95. The first-order valence-electron chi connectivity index (χ1n) is 3.35. The molecule has 0 aliphatic rings. The van der Waals surface area contributed by atoms with Crippen molar-refractivity contribution >= 4 is 0 Å². The third-order valence-electron chi connectivity index (χ3n) is 1.61. The smallest absolute Gasteiger partial charge is 0.0710 e. The molecule has 0 unspecified atom stereocenters. The molecule has 0 aliphatic heterocycles. The Kier molecular flexibility index (Phi) is 1.25. The van der Waals surface area contributed by atoms with Gasteiger partial charge in [0.05, 0.1) is 11.9 Å². The average Bonchev–Trinajstić information content (AvgIpc) is 2.55. The van der Waals surface area contributed by atoms with Gasteiger partial charge in [0.2, 0.25) is 0 Å². The van der Waals surface area contributed by atoms with Crippen molar-refractivity contribution in [3.63, 3.8) is 0 Å². The van der Waals surface area contributed by atoms with Gasteiger partial charge in [-0.15, -0.1) is 0 Å². The van der Waals surface area contributed by atoms with Gasteiger partial charge in [-0.2, -0.15) is 10.2 Å². The highest BCUT2D eigenvalue weighted by molar-refractivity contribution is 5.56. The molecule has 0 fully saturated rings. The van der Waals surface area contributed by atoms with E-state index in [1.54, 1.807) is 12.4 Å². The van der Waals surface area contributed by atoms with Crippen molar-refractivity contribution in [3.8, 4) is 11.3 Å². The Morgan fingerprint density at radius 3 is 3.00 bits per heavy atom. The molecule has 2 heterocycles. The van der Waals surface area contributed by atoms with E-state index in [1.807, 2.05) is 24.0 Å². The maximum atomic E-state index is 4.05. The molecule has 4 nitrogen and oxygen atoms in total. The average molecular weight is 148 g/mol. The summed E-state index contributed by atoms with van der Waals surface area (Å²) < 4.78 is 1.81. The van der Waals surface area contributed by atoms with Crippen molar-refractivity contribution in [2.75, 3.05) is 0 Å². The fraction of sp³-hybridized carbons (Fsp3) is 0.143. The minimum absolute atomic E-state index is 1.06. The van der Waals surface area contributed by atoms with Gasteiger partial charge in [-0.25, -0.2) is 0 Å². The number of aromatic nitrogens is 4. The van der Waals surface area contributed by atoms with Gasteiger partial charge >= 0.3 is 0 Å². The van der Waals surface area contributed by atoms with Crippen LogP contribution in [0.1, 0.15) is 0 Å². The molecule has 0 radical (unpaired) electrons. The second kappa shape index (κ2) is 2.23. The quantitative estimate of drug-likeness (QED) is 0.650. The van der Waals surface area contributed by atoms with Crippen LogP contribution in [-0.4, -0.2) is 20.0 Å². The number of nitrogens with one attached hydrogen (secondary N) is 1. The summed E-state index contributed by atoms with van der Waals surface area (Å²) in [4.78, 5) is 0. The molecular formula is C7H8N4. The minimum atomic E-state index is 1.06. The molecule has 0 aliphatic carbocycles. The van der Waals surface area contributed by atoms with Crippen molar-refractivity contribution in [2.24, 2.45) is 7.05 Å². The number of H-pyrrole nitrogens is 1. The Balaban J connectivity index is 2.53. The normalized spacial score (nSPS) is 10.3. The minimum Gasteiger partial charge on any atom is -0.285 e. The predicted molar refractivity (Wildman–Crippen MR) is 40.8 cm³/mol. The van der Waals surface area contributed by atoms with E-state index in [1.165, 1.54) is 0 Å². The van der Waals surface area contributed by atoms with Gasteiger partial charge in [-0.1, -0.05) is 0 Å². The lowest BCUT2D eigenvalue weighted by Crippen LogP contribution is -1.91. The van der Waals surface area contributed by atoms with Crippen LogP contribution in [0.5, 0.6) is 0 Å². The largest absolute Gasteiger partial charge is 0.285 e. The molecule has 0 bridgehead atoms. The summed E-state index contributed by atoms with van der Waals surface area (Å²) in [5, 5.41) is 10.7. The number of hydrogen-bond donors (Lipinski definition) is 1. The predicted octanol–water partition coefficient (Wildman–Crippen LogP) is 0.810. The molecule has 0 atom stereocenters. The summed E-state index contributed by atoms with van der Waals surface area (Å²) >= 11 is 0. The Morgan fingerprint density at radius 2 is 2.45 bits per heavy atom. The van der Waals surface area contributed by atoms with Crippen LogP contribution in [0, 0.1) is 0 Å². The molecule has 0 spiro atoms. The van der Waals surface area contributed by atoms with E-state index in [0.717, 1.165) is 11.3 Å². The summed E-state index contributed by atoms with van der Waals surface area (Å²) in [5.74, 6) is 0. The highest BCUT2D eigenvalue weighted by Gasteiger charge is 2.01. The summed E-state index contributed by atoms with van der Waals surface area (Å²) in [5.41, 5.74) is 2.13. The number of hydrogen-bond acceptors (Lipinski definition) is 2. The molecule has 0 amide bonds. The van der Waals surface area contributed by atoms with E-state index < -0.39 is 0 Å². The van der Waals surface area contributed by atoms with E-state index in [2.05, 4.69) is 15.3 Å². The lowest BCUT2D eigenvalue weighted by Gasteiger charge is -1.94. The molecule has 0 aromatic carbocycles. The zero-order valence-electron chi connectivity index (χ0n) is 6.15. The fourth-order valence-electron chi connectivity index (χ4n) is 1.05. The number of aromatic amines is 1. The van der Waals surface area contributed by atoms with E-state index in [4.69, 9.17) is 0 Å². The first-order valence-corrected chi connectivity index (χ1v) is 3.35. The van der Waals surface area contributed by atoms with E-state index in [9.17, 15) is 0 Å². The van der Waals surface area contributed by atoms with Crippen LogP contribution in [0.15, 0.2) is 24.7 Å². The van der Waals surface area contributed by atoms with E-state index >= 15 is 0 Å². The van der Waals surface area contributed by atoms with Crippen LogP contribution in [0.3, 0.4) is 0 Å². The molecule has 0 saturated carbocycles. The van der Waals surface area contributed by atoms with Crippen molar-refractivity contribution in [3.05, 3.63) is 24.7 Å². The maximum Gasteiger partial charge on any atom is 0.0710 e. The fourth-order valence-corrected chi connectivity index (χ4v) is 1.05. The van der Waals surface area contributed by atoms with E-state index in [0.29, 0.717) is 0 Å². The molecule has 2 aromatic heterocycles. The molecule has 2 aromatic rings. The third-order valence-corrected chi connectivity index (χ3v) is 1.61. The van der Waals surface area contributed by atoms with Crippen LogP contribution < -0.4 is 0 Å². The van der Waals surface area contributed by atoms with Gasteiger partial charge < -0.3 is 0 Å². The molecule has 1 N–H and O–H groups in total. The zero-order valence-corrected chi connectivity index (χ0v) is 6.15. The molecule has 56 valence electrons. The van der Waals surface area contributed by atoms with Crippen LogP contribution >= 0.6 is 0 Å². The van der Waals surface area contributed by atoms with Crippen LogP contribution in [0.2, 0.25) is 0 Å². The Bertz CT molecular complexity index is 333. The third kappa shape index (κ3) is 0.920. The lowest BCUT2D eigenvalue weighted by molar-refractivity contribution is 0.776. The monoisotopic (exact) mass is 148 g/mol. The summed E-state index contributed by atoms with van der Waals surface area (Å²) in [6.45, 7) is 0. The van der Waals surface area contributed by atoms with Crippen molar-refractivity contribution in [1.82, 2.24) is 20.0 Å². The molecule has 4 heteroatoms. The van der Waals surface area contributed by atoms with Gasteiger partial charge in [0.1, 0.15) is 0 Å². The molecule has 2 rings (SSSR count). The topological polar surface area (TPSA) is 46.5 Å². The Labute approximate surface area is 63.9 Å². The SMILES string of the molecule is Cn1nccc1-c1cn[nH]c1. The van der Waals surface area contributed by atoms with Gasteiger partial charge in [-0.3, -0.25) is 9.78 Å². The highest BCUT2D eigenvalue weighted by atomic mass is 15.3. The van der Waals surface area contributed by atoms with Crippen LogP contribution in [0.4, 0.5) is 0 Å². The first-order chi connectivity index (χ1) is 5.38. The summed E-state index contributed by atoms with van der Waals surface area (Å²) in [6.07, 6.45) is 5.39. The van der Waals surface area contributed by atoms with Crippen LogP contribution in [0.25, 0.3) is 11.3 Å². The van der Waals surface area contributed by atoms with Crippen molar-refractivity contribution in [1.29, 1.82) is 0 Å². The van der Waals surface area contributed by atoms with Gasteiger partial charge in [0, 0.05) is 25.0 Å². The van der Waals surface area contributed by atoms with Gasteiger partial charge in [0.25, 0.3) is 0 Å². The Hall–Kier alpha value is -1.58. The standard InChI is InChI=1S/C7H8N4/c1-11-7(2-3-10-11)6-4-8-9-5-6/h2-5H,1H3,(H,8,9). The molecular weight excluding hydrogens is 140 g/mol. The molecule has 0 saturated heterocycles. The van der Waals surface area contributed by atoms with Crippen molar-refractivity contribution in [2.45, 2.75) is 0 Å². The van der Waals surface area contributed by atoms with Crippen LogP contribution in [-0.2, 0) is 7.05 Å². The molecule has 11 heavy (non-hydrogen) atoms. The number of aryl methyl sites for hydroxylation is 1. The second-order valence-corrected chi connectivity index (χ2v) is 2.33. The first kappa shape index (κ1) is 6.15. The zero-order chi connectivity index (χ0) is 7.68. The maximum absolute atomic E-state index is 4.05. The number of nitrogens with zero attached hydrogens (tertiary/aromatic N) is 3. The van der Waals surface area contributed by atoms with Gasteiger partial charge in [0.15, 0.2) is 0 Å².